The highest BCUT2D eigenvalue weighted by molar-refractivity contribution is 5.91. The third-order valence-corrected chi connectivity index (χ3v) is 5.39. The fourth-order valence-electron chi connectivity index (χ4n) is 4.19. The molecule has 0 aromatic heterocycles. The van der Waals surface area contributed by atoms with Gasteiger partial charge in [0.25, 0.3) is 0 Å². The van der Waals surface area contributed by atoms with Crippen molar-refractivity contribution in [1.82, 2.24) is 4.90 Å². The molecule has 1 spiro atoms. The van der Waals surface area contributed by atoms with Crippen LogP contribution in [0.3, 0.4) is 0 Å². The molecule has 2 saturated heterocycles. The van der Waals surface area contributed by atoms with Gasteiger partial charge in [-0.1, -0.05) is 48.9 Å². The first-order valence-electron chi connectivity index (χ1n) is 8.92. The smallest absolute Gasteiger partial charge is 0.312 e. The number of nitrogens with zero attached hydrogens (tertiary/aromatic N) is 1. The van der Waals surface area contributed by atoms with Crippen LogP contribution in [0.15, 0.2) is 36.4 Å². The maximum atomic E-state index is 13.0. The SMILES string of the molecule is CCCOC(=O)[C@H]1[C@@H]2C=C[C@@]3(CN(Cc4ccc(C)cc4)C(=O)[C@H]13)O2. The summed E-state index contributed by atoms with van der Waals surface area (Å²) >= 11 is 0. The Balaban J connectivity index is 1.55. The maximum absolute atomic E-state index is 13.0. The van der Waals surface area contributed by atoms with E-state index in [1.807, 2.05) is 50.3 Å². The Morgan fingerprint density at radius 1 is 1.36 bits per heavy atom. The van der Waals surface area contributed by atoms with E-state index in [1.54, 1.807) is 4.90 Å². The number of aryl methyl sites for hydroxylation is 1. The van der Waals surface area contributed by atoms with E-state index in [0.717, 1.165) is 12.0 Å². The Hall–Kier alpha value is -2.14. The van der Waals surface area contributed by atoms with Gasteiger partial charge >= 0.3 is 5.97 Å². The van der Waals surface area contributed by atoms with Gasteiger partial charge in [-0.05, 0) is 18.9 Å². The summed E-state index contributed by atoms with van der Waals surface area (Å²) in [7, 11) is 0. The van der Waals surface area contributed by atoms with Crippen LogP contribution >= 0.6 is 0 Å². The Morgan fingerprint density at radius 2 is 2.12 bits per heavy atom. The third-order valence-electron chi connectivity index (χ3n) is 5.39. The molecule has 132 valence electrons. The minimum absolute atomic E-state index is 0.00845. The molecule has 3 heterocycles. The van der Waals surface area contributed by atoms with E-state index in [9.17, 15) is 9.59 Å². The summed E-state index contributed by atoms with van der Waals surface area (Å²) in [5.41, 5.74) is 1.61. The monoisotopic (exact) mass is 341 g/mol. The van der Waals surface area contributed by atoms with Crippen LogP contribution in [-0.4, -0.2) is 41.6 Å². The first-order chi connectivity index (χ1) is 12.0. The lowest BCUT2D eigenvalue weighted by atomic mass is 9.77. The number of ether oxygens (including phenoxy) is 2. The zero-order valence-corrected chi connectivity index (χ0v) is 14.6. The van der Waals surface area contributed by atoms with Crippen molar-refractivity contribution < 1.29 is 19.1 Å². The molecule has 0 aliphatic carbocycles. The Kier molecular flexibility index (Phi) is 3.91. The molecular weight excluding hydrogens is 318 g/mol. The molecule has 5 heteroatoms. The lowest BCUT2D eigenvalue weighted by Gasteiger charge is -2.22. The summed E-state index contributed by atoms with van der Waals surface area (Å²) in [5.74, 6) is -1.30. The zero-order valence-electron chi connectivity index (χ0n) is 14.6. The van der Waals surface area contributed by atoms with Crippen molar-refractivity contribution in [3.8, 4) is 0 Å². The average Bonchev–Trinajstić information content (AvgIpc) is 3.23. The number of likely N-dealkylation sites (tertiary alicyclic amines) is 1. The Bertz CT molecular complexity index is 726. The molecule has 0 radical (unpaired) electrons. The summed E-state index contributed by atoms with van der Waals surface area (Å²) in [6.45, 7) is 5.41. The number of hydrogen-bond acceptors (Lipinski definition) is 4. The van der Waals surface area contributed by atoms with Crippen molar-refractivity contribution in [1.29, 1.82) is 0 Å². The molecule has 0 N–H and O–H groups in total. The molecule has 1 aromatic carbocycles. The number of hydrogen-bond donors (Lipinski definition) is 0. The Labute approximate surface area is 147 Å². The van der Waals surface area contributed by atoms with Crippen LogP contribution in [0.25, 0.3) is 0 Å². The lowest BCUT2D eigenvalue weighted by Crippen LogP contribution is -2.40. The van der Waals surface area contributed by atoms with Crippen LogP contribution in [0.2, 0.25) is 0 Å². The average molecular weight is 341 g/mol. The summed E-state index contributed by atoms with van der Waals surface area (Å²) in [6, 6.07) is 8.16. The molecule has 1 aromatic rings. The van der Waals surface area contributed by atoms with Gasteiger partial charge in [0.15, 0.2) is 0 Å². The molecule has 4 rings (SSSR count). The van der Waals surface area contributed by atoms with E-state index in [0.29, 0.717) is 19.7 Å². The van der Waals surface area contributed by atoms with Crippen molar-refractivity contribution >= 4 is 11.9 Å². The molecule has 5 nitrogen and oxygen atoms in total. The van der Waals surface area contributed by atoms with Gasteiger partial charge in [-0.25, -0.2) is 0 Å². The molecule has 1 amide bonds. The highest BCUT2D eigenvalue weighted by Crippen LogP contribution is 2.52. The Morgan fingerprint density at radius 3 is 2.84 bits per heavy atom. The van der Waals surface area contributed by atoms with E-state index in [1.165, 1.54) is 5.56 Å². The minimum Gasteiger partial charge on any atom is -0.465 e. The molecule has 4 atom stereocenters. The second kappa shape index (κ2) is 5.99. The number of benzene rings is 1. The van der Waals surface area contributed by atoms with Crippen LogP contribution < -0.4 is 0 Å². The molecule has 25 heavy (non-hydrogen) atoms. The second-order valence-electron chi connectivity index (χ2n) is 7.25. The van der Waals surface area contributed by atoms with Crippen LogP contribution in [-0.2, 0) is 25.6 Å². The van der Waals surface area contributed by atoms with Gasteiger partial charge < -0.3 is 14.4 Å². The predicted molar refractivity (Wildman–Crippen MR) is 91.6 cm³/mol. The maximum Gasteiger partial charge on any atom is 0.312 e. The summed E-state index contributed by atoms with van der Waals surface area (Å²) < 4.78 is 11.4. The van der Waals surface area contributed by atoms with E-state index >= 15 is 0 Å². The van der Waals surface area contributed by atoms with E-state index in [2.05, 4.69) is 0 Å². The molecule has 0 saturated carbocycles. The van der Waals surface area contributed by atoms with Gasteiger partial charge in [0.05, 0.1) is 25.2 Å². The van der Waals surface area contributed by atoms with Crippen molar-refractivity contribution in [2.45, 2.75) is 38.5 Å². The van der Waals surface area contributed by atoms with Crippen molar-refractivity contribution in [3.63, 3.8) is 0 Å². The normalized spacial score (nSPS) is 32.3. The van der Waals surface area contributed by atoms with Gasteiger partial charge in [-0.3, -0.25) is 9.59 Å². The van der Waals surface area contributed by atoms with E-state index < -0.39 is 17.4 Å². The van der Waals surface area contributed by atoms with Crippen LogP contribution in [0.5, 0.6) is 0 Å². The standard InChI is InChI=1S/C20H23NO4/c1-3-10-24-19(23)16-15-8-9-20(25-15)12-21(18(22)17(16)20)11-14-6-4-13(2)5-7-14/h4-9,15-17H,3,10-12H2,1-2H3/t15-,16-,17-,20-/m0/s1. The zero-order chi connectivity index (χ0) is 17.6. The third kappa shape index (κ3) is 2.58. The van der Waals surface area contributed by atoms with E-state index in [4.69, 9.17) is 9.47 Å². The van der Waals surface area contributed by atoms with Crippen LogP contribution in [0.4, 0.5) is 0 Å². The predicted octanol–water partition coefficient (Wildman–Crippen LogP) is 2.23. The molecular formula is C20H23NO4. The highest BCUT2D eigenvalue weighted by atomic mass is 16.6. The minimum atomic E-state index is -0.664. The van der Waals surface area contributed by atoms with Gasteiger partial charge in [0, 0.05) is 6.54 Å². The van der Waals surface area contributed by atoms with Crippen LogP contribution in [0, 0.1) is 18.8 Å². The largest absolute Gasteiger partial charge is 0.465 e. The fraction of sp³-hybridized carbons (Fsp3) is 0.500. The molecule has 3 aliphatic heterocycles. The number of carbonyl (C=O) groups excluding carboxylic acids is 2. The molecule has 2 fully saturated rings. The summed E-state index contributed by atoms with van der Waals surface area (Å²) in [6.07, 6.45) is 4.32. The number of esters is 1. The lowest BCUT2D eigenvalue weighted by molar-refractivity contribution is -0.153. The number of amides is 1. The first kappa shape index (κ1) is 16.3. The number of rotatable bonds is 5. The highest BCUT2D eigenvalue weighted by Gasteiger charge is 2.67. The molecule has 3 aliphatic rings. The first-order valence-corrected chi connectivity index (χ1v) is 8.92. The van der Waals surface area contributed by atoms with Gasteiger partial charge in [0.1, 0.15) is 11.5 Å². The van der Waals surface area contributed by atoms with Gasteiger partial charge in [-0.15, -0.1) is 0 Å². The summed E-state index contributed by atoms with van der Waals surface area (Å²) in [4.78, 5) is 27.3. The quantitative estimate of drug-likeness (QED) is 0.609. The number of carbonyl (C=O) groups is 2. The van der Waals surface area contributed by atoms with Gasteiger partial charge in [0.2, 0.25) is 5.91 Å². The number of fused-ring (bicyclic) bond motifs is 1. The van der Waals surface area contributed by atoms with Crippen molar-refractivity contribution in [2.24, 2.45) is 11.8 Å². The molecule has 2 bridgehead atoms. The molecule has 0 unspecified atom stereocenters. The van der Waals surface area contributed by atoms with Gasteiger partial charge in [-0.2, -0.15) is 0 Å². The second-order valence-corrected chi connectivity index (χ2v) is 7.25. The van der Waals surface area contributed by atoms with Crippen LogP contribution in [0.1, 0.15) is 24.5 Å². The van der Waals surface area contributed by atoms with E-state index in [-0.39, 0.29) is 18.0 Å². The fourth-order valence-corrected chi connectivity index (χ4v) is 4.19. The summed E-state index contributed by atoms with van der Waals surface area (Å²) in [5, 5.41) is 0. The van der Waals surface area contributed by atoms with Crippen molar-refractivity contribution in [3.05, 3.63) is 47.5 Å². The topological polar surface area (TPSA) is 55.8 Å². The van der Waals surface area contributed by atoms with Crippen molar-refractivity contribution in [2.75, 3.05) is 13.2 Å².